The van der Waals surface area contributed by atoms with Crippen LogP contribution >= 0.6 is 34.8 Å². The van der Waals surface area contributed by atoms with E-state index in [1.165, 1.54) is 0 Å². The number of nitrogens with one attached hydrogen (secondary N) is 1. The van der Waals surface area contributed by atoms with Crippen LogP contribution in [0.15, 0.2) is 60.7 Å². The van der Waals surface area contributed by atoms with Gasteiger partial charge in [0.05, 0.1) is 16.0 Å². The van der Waals surface area contributed by atoms with Gasteiger partial charge in [-0.1, -0.05) is 65.1 Å². The minimum Gasteiger partial charge on any atom is -0.486 e. The van der Waals surface area contributed by atoms with Crippen molar-refractivity contribution in [1.82, 2.24) is 4.90 Å². The fourth-order valence-corrected chi connectivity index (χ4v) is 5.99. The number of benzene rings is 3. The Balaban J connectivity index is 1.50. The summed E-state index contributed by atoms with van der Waals surface area (Å²) in [5.74, 6) is -0.757. The molecule has 35 heavy (non-hydrogen) atoms. The van der Waals surface area contributed by atoms with Gasteiger partial charge in [-0.05, 0) is 48.5 Å². The lowest BCUT2D eigenvalue weighted by Gasteiger charge is -2.30. The van der Waals surface area contributed by atoms with E-state index < -0.39 is 23.4 Å². The Hall–Kier alpha value is -2.84. The highest BCUT2D eigenvalue weighted by Gasteiger charge is 2.68. The molecule has 2 aliphatic rings. The molecule has 3 aromatic rings. The number of carbonyl (C=O) groups is 1. The minimum atomic E-state index is -1.44. The summed E-state index contributed by atoms with van der Waals surface area (Å²) in [6.07, 6.45) is 0. The number of rotatable bonds is 5. The number of halogens is 3. The predicted octanol–water partition coefficient (Wildman–Crippen LogP) is 5.75. The van der Waals surface area contributed by atoms with Gasteiger partial charge in [0.25, 0.3) is 11.9 Å². The van der Waals surface area contributed by atoms with Crippen LogP contribution < -0.4 is 10.1 Å². The van der Waals surface area contributed by atoms with E-state index in [2.05, 4.69) is 5.32 Å². The lowest BCUT2D eigenvalue weighted by molar-refractivity contribution is -0.534. The number of anilines is 1. The van der Waals surface area contributed by atoms with Crippen LogP contribution in [-0.2, 0) is 16.9 Å². The van der Waals surface area contributed by atoms with Crippen molar-refractivity contribution >= 4 is 46.4 Å². The average molecular weight is 533 g/mol. The Labute approximate surface area is 216 Å². The number of likely N-dealkylation sites (N-methyl/N-ethyl adjacent to an activating group) is 1. The third-order valence-corrected chi connectivity index (χ3v) is 7.60. The number of amides is 1. The molecule has 0 radical (unpaired) electrons. The number of ether oxygens (including phenoxy) is 1. The second-order valence-electron chi connectivity index (χ2n) is 8.71. The van der Waals surface area contributed by atoms with Gasteiger partial charge in [-0.3, -0.25) is 19.8 Å². The molecule has 0 saturated carbocycles. The number of carbonyl (C=O) groups excluding carboxylic acids is 1. The molecule has 1 N–H and O–H groups in total. The Morgan fingerprint density at radius 1 is 1.11 bits per heavy atom. The van der Waals surface area contributed by atoms with Crippen molar-refractivity contribution in [3.8, 4) is 5.75 Å². The first-order valence-electron chi connectivity index (χ1n) is 10.9. The maximum absolute atomic E-state index is 13.2. The van der Waals surface area contributed by atoms with E-state index in [1.54, 1.807) is 60.5 Å². The fraction of sp³-hybridized carbons (Fsp3) is 0.240. The van der Waals surface area contributed by atoms with Crippen LogP contribution in [0.5, 0.6) is 5.75 Å². The van der Waals surface area contributed by atoms with Crippen molar-refractivity contribution in [2.75, 3.05) is 18.9 Å². The monoisotopic (exact) mass is 531 g/mol. The first-order chi connectivity index (χ1) is 16.7. The summed E-state index contributed by atoms with van der Waals surface area (Å²) < 4.78 is 5.85. The molecule has 10 heteroatoms. The van der Waals surface area contributed by atoms with Gasteiger partial charge in [-0.15, -0.1) is 0 Å². The number of likely N-dealkylation sites (tertiary alicyclic amines) is 1. The first-order valence-corrected chi connectivity index (χ1v) is 12.0. The first kappa shape index (κ1) is 23.9. The smallest absolute Gasteiger partial charge is 0.256 e. The van der Waals surface area contributed by atoms with E-state index in [4.69, 9.17) is 39.5 Å². The lowest BCUT2D eigenvalue weighted by Crippen LogP contribution is -2.54. The van der Waals surface area contributed by atoms with Crippen molar-refractivity contribution < 1.29 is 14.5 Å². The summed E-state index contributed by atoms with van der Waals surface area (Å²) in [4.78, 5) is 27.1. The summed E-state index contributed by atoms with van der Waals surface area (Å²) in [6, 6.07) is 16.3. The molecule has 0 bridgehead atoms. The van der Waals surface area contributed by atoms with Gasteiger partial charge in [0.2, 0.25) is 0 Å². The van der Waals surface area contributed by atoms with E-state index in [9.17, 15) is 14.9 Å². The highest BCUT2D eigenvalue weighted by atomic mass is 35.5. The van der Waals surface area contributed by atoms with Crippen molar-refractivity contribution in [2.24, 2.45) is 0 Å². The largest absolute Gasteiger partial charge is 0.486 e. The van der Waals surface area contributed by atoms with Crippen molar-refractivity contribution in [3.05, 3.63) is 103 Å². The van der Waals surface area contributed by atoms with Crippen LogP contribution in [0.1, 0.15) is 22.6 Å². The standard InChI is InChI=1S/C25H20Cl3N3O4/c1-30-12-17(23(31(33)34)25(30)18-4-2-3-5-21(18)29-24(25)32)15-10-19(27)22(20(28)11-15)35-13-14-6-8-16(26)9-7-14/h2-11,17,23H,12-13H2,1H3,(H,29,32)/t17-,23+,25-/m1/s1. The summed E-state index contributed by atoms with van der Waals surface area (Å²) >= 11 is 19.0. The van der Waals surface area contributed by atoms with Crippen molar-refractivity contribution in [1.29, 1.82) is 0 Å². The van der Waals surface area contributed by atoms with Crippen molar-refractivity contribution in [2.45, 2.75) is 24.1 Å². The Morgan fingerprint density at radius 3 is 2.43 bits per heavy atom. The molecule has 2 aliphatic heterocycles. The topological polar surface area (TPSA) is 84.7 Å². The normalized spacial score (nSPS) is 23.4. The fourth-order valence-electron chi connectivity index (χ4n) is 5.25. The van der Waals surface area contributed by atoms with Gasteiger partial charge in [0, 0.05) is 27.7 Å². The van der Waals surface area contributed by atoms with Gasteiger partial charge in [0.15, 0.2) is 11.3 Å². The molecule has 0 aliphatic carbocycles. The molecule has 1 spiro atoms. The molecule has 1 saturated heterocycles. The molecular weight excluding hydrogens is 513 g/mol. The molecule has 3 aromatic carbocycles. The van der Waals surface area contributed by atoms with Crippen LogP contribution in [-0.4, -0.2) is 35.4 Å². The third-order valence-electron chi connectivity index (χ3n) is 6.79. The summed E-state index contributed by atoms with van der Waals surface area (Å²) in [5.41, 5.74) is 1.19. The zero-order chi connectivity index (χ0) is 24.9. The molecule has 180 valence electrons. The average Bonchev–Trinajstić information content (AvgIpc) is 3.29. The van der Waals surface area contributed by atoms with Gasteiger partial charge in [0.1, 0.15) is 6.61 Å². The van der Waals surface area contributed by atoms with E-state index in [0.29, 0.717) is 21.8 Å². The highest BCUT2D eigenvalue weighted by molar-refractivity contribution is 6.37. The molecule has 3 atom stereocenters. The van der Waals surface area contributed by atoms with E-state index in [1.807, 2.05) is 12.1 Å². The molecular formula is C25H20Cl3N3O4. The predicted molar refractivity (Wildman–Crippen MR) is 135 cm³/mol. The molecule has 5 rings (SSSR count). The van der Waals surface area contributed by atoms with Gasteiger partial charge < -0.3 is 10.1 Å². The quantitative estimate of drug-likeness (QED) is 0.334. The SMILES string of the molecule is CN1C[C@H](c2cc(Cl)c(OCc3ccc(Cl)cc3)c(Cl)c2)[C@H]([N+](=O)[O-])[C@]12C(=O)Nc1ccccc12. The number of hydrogen-bond acceptors (Lipinski definition) is 5. The van der Waals surface area contributed by atoms with Crippen LogP contribution in [0.25, 0.3) is 0 Å². The number of nitro groups is 1. The van der Waals surface area contributed by atoms with E-state index in [-0.39, 0.29) is 33.9 Å². The van der Waals surface area contributed by atoms with Crippen molar-refractivity contribution in [3.63, 3.8) is 0 Å². The second-order valence-corrected chi connectivity index (χ2v) is 9.96. The second kappa shape index (κ2) is 8.99. The van der Waals surface area contributed by atoms with E-state index in [0.717, 1.165) is 5.56 Å². The molecule has 1 amide bonds. The number of para-hydroxylation sites is 1. The Kier molecular flexibility index (Phi) is 6.13. The maximum atomic E-state index is 13.2. The van der Waals surface area contributed by atoms with Crippen LogP contribution in [0.3, 0.4) is 0 Å². The van der Waals surface area contributed by atoms with Crippen LogP contribution in [0, 0.1) is 10.1 Å². The zero-order valence-corrected chi connectivity index (χ0v) is 20.8. The Bertz CT molecular complexity index is 1310. The Morgan fingerprint density at radius 2 is 1.77 bits per heavy atom. The summed E-state index contributed by atoms with van der Waals surface area (Å²) in [6.45, 7) is 0.491. The summed E-state index contributed by atoms with van der Waals surface area (Å²) in [7, 11) is 1.73. The van der Waals surface area contributed by atoms with Gasteiger partial charge in [-0.2, -0.15) is 0 Å². The van der Waals surface area contributed by atoms with Gasteiger partial charge >= 0.3 is 0 Å². The maximum Gasteiger partial charge on any atom is 0.256 e. The van der Waals surface area contributed by atoms with Crippen LogP contribution in [0.2, 0.25) is 15.1 Å². The van der Waals surface area contributed by atoms with Gasteiger partial charge in [-0.25, -0.2) is 0 Å². The molecule has 2 heterocycles. The molecule has 0 unspecified atom stereocenters. The third kappa shape index (κ3) is 3.83. The van der Waals surface area contributed by atoms with E-state index >= 15 is 0 Å². The number of fused-ring (bicyclic) bond motifs is 2. The molecule has 7 nitrogen and oxygen atoms in total. The lowest BCUT2D eigenvalue weighted by atomic mass is 9.79. The number of hydrogen-bond donors (Lipinski definition) is 1. The minimum absolute atomic E-state index is 0.222. The zero-order valence-electron chi connectivity index (χ0n) is 18.5. The highest BCUT2D eigenvalue weighted by Crippen LogP contribution is 2.52. The molecule has 1 fully saturated rings. The molecule has 0 aromatic heterocycles. The van der Waals surface area contributed by atoms with Crippen LogP contribution in [0.4, 0.5) is 5.69 Å². The number of nitrogens with zero attached hydrogens (tertiary/aromatic N) is 2. The summed E-state index contributed by atoms with van der Waals surface area (Å²) in [5, 5.41) is 16.4.